The highest BCUT2D eigenvalue weighted by molar-refractivity contribution is 5.90. The van der Waals surface area contributed by atoms with Gasteiger partial charge in [-0.15, -0.1) is 0 Å². The topological polar surface area (TPSA) is 49.3 Å². The van der Waals surface area contributed by atoms with E-state index in [9.17, 15) is 4.79 Å². The summed E-state index contributed by atoms with van der Waals surface area (Å²) in [6, 6.07) is 4.25. The first-order valence-corrected chi connectivity index (χ1v) is 5.67. The third-order valence-corrected chi connectivity index (χ3v) is 3.38. The summed E-state index contributed by atoms with van der Waals surface area (Å²) in [6.45, 7) is 4.87. The van der Waals surface area contributed by atoms with Crippen LogP contribution in [0.2, 0.25) is 0 Å². The van der Waals surface area contributed by atoms with Gasteiger partial charge in [-0.25, -0.2) is 4.79 Å². The third-order valence-electron chi connectivity index (χ3n) is 3.38. The fraction of sp³-hybridized carbons (Fsp3) is 0.462. The molecule has 0 radical (unpaired) electrons. The number of hydrogen-bond donors (Lipinski definition) is 2. The van der Waals surface area contributed by atoms with Crippen LogP contribution in [0.5, 0.6) is 0 Å². The van der Waals surface area contributed by atoms with E-state index in [1.165, 1.54) is 6.42 Å². The summed E-state index contributed by atoms with van der Waals surface area (Å²) in [7, 11) is 0. The summed E-state index contributed by atoms with van der Waals surface area (Å²) in [6.07, 6.45) is 2.27. The van der Waals surface area contributed by atoms with Crippen molar-refractivity contribution in [1.29, 1.82) is 0 Å². The predicted molar refractivity (Wildman–Crippen MR) is 62.9 cm³/mol. The maximum atomic E-state index is 11.1. The van der Waals surface area contributed by atoms with Gasteiger partial charge in [0.1, 0.15) is 0 Å². The number of rotatable bonds is 2. The first kappa shape index (κ1) is 11.1. The van der Waals surface area contributed by atoms with Crippen LogP contribution < -0.4 is 5.32 Å². The van der Waals surface area contributed by atoms with Gasteiger partial charge in [-0.3, -0.25) is 0 Å². The molecule has 0 aromatic heterocycles. The quantitative estimate of drug-likeness (QED) is 0.803. The maximum absolute atomic E-state index is 11.1. The summed E-state index contributed by atoms with van der Waals surface area (Å²) in [5.74, 6) is -0.833. The van der Waals surface area contributed by atoms with Crippen LogP contribution in [0.3, 0.4) is 0 Å². The number of carbonyl (C=O) groups is 1. The van der Waals surface area contributed by atoms with Crippen LogP contribution in [-0.4, -0.2) is 17.6 Å². The van der Waals surface area contributed by atoms with Gasteiger partial charge < -0.3 is 10.4 Å². The van der Waals surface area contributed by atoms with E-state index in [1.807, 2.05) is 19.9 Å². The SMILES string of the molecule is Cc1cc(C2CCCN2)cc(C(=O)O)c1C. The van der Waals surface area contributed by atoms with Gasteiger partial charge in [0.2, 0.25) is 0 Å². The molecule has 1 aromatic rings. The van der Waals surface area contributed by atoms with Crippen molar-refractivity contribution in [3.63, 3.8) is 0 Å². The number of nitrogens with one attached hydrogen (secondary N) is 1. The molecule has 3 heteroatoms. The second-order valence-electron chi connectivity index (χ2n) is 4.46. The van der Waals surface area contributed by atoms with Crippen molar-refractivity contribution in [1.82, 2.24) is 5.32 Å². The normalized spacial score (nSPS) is 20.0. The van der Waals surface area contributed by atoms with Gasteiger partial charge in [0.15, 0.2) is 0 Å². The fourth-order valence-corrected chi connectivity index (χ4v) is 2.28. The largest absolute Gasteiger partial charge is 0.478 e. The molecule has 0 amide bonds. The molecule has 3 nitrogen and oxygen atoms in total. The molecular formula is C13H17NO2. The molecule has 1 heterocycles. The second-order valence-corrected chi connectivity index (χ2v) is 4.46. The number of carboxylic acid groups (broad SMARTS) is 1. The van der Waals surface area contributed by atoms with E-state index < -0.39 is 5.97 Å². The Morgan fingerprint density at radius 2 is 2.19 bits per heavy atom. The van der Waals surface area contributed by atoms with E-state index in [-0.39, 0.29) is 0 Å². The van der Waals surface area contributed by atoms with Gasteiger partial charge in [-0.05, 0) is 56.0 Å². The Balaban J connectivity index is 2.43. The minimum absolute atomic E-state index is 0.331. The maximum Gasteiger partial charge on any atom is 0.335 e. The second kappa shape index (κ2) is 4.26. The van der Waals surface area contributed by atoms with E-state index in [4.69, 9.17) is 5.11 Å². The van der Waals surface area contributed by atoms with Gasteiger partial charge in [0.05, 0.1) is 5.56 Å². The van der Waals surface area contributed by atoms with Crippen molar-refractivity contribution in [2.75, 3.05) is 6.54 Å². The van der Waals surface area contributed by atoms with Crippen molar-refractivity contribution in [2.24, 2.45) is 0 Å². The number of aromatic carboxylic acids is 1. The lowest BCUT2D eigenvalue weighted by Crippen LogP contribution is -2.14. The highest BCUT2D eigenvalue weighted by Gasteiger charge is 2.19. The Hall–Kier alpha value is -1.35. The van der Waals surface area contributed by atoms with Crippen LogP contribution in [0.15, 0.2) is 12.1 Å². The summed E-state index contributed by atoms with van der Waals surface area (Å²) >= 11 is 0. The lowest BCUT2D eigenvalue weighted by Gasteiger charge is -2.14. The fourth-order valence-electron chi connectivity index (χ4n) is 2.28. The van der Waals surface area contributed by atoms with Crippen molar-refractivity contribution < 1.29 is 9.90 Å². The van der Waals surface area contributed by atoms with Crippen LogP contribution in [0.1, 0.15) is 45.9 Å². The minimum Gasteiger partial charge on any atom is -0.478 e. The summed E-state index contributed by atoms with van der Waals surface area (Å²) < 4.78 is 0. The monoisotopic (exact) mass is 219 g/mol. The molecule has 1 saturated heterocycles. The molecule has 0 spiro atoms. The molecule has 86 valence electrons. The average Bonchev–Trinajstić information content (AvgIpc) is 2.74. The van der Waals surface area contributed by atoms with Gasteiger partial charge >= 0.3 is 5.97 Å². The molecule has 16 heavy (non-hydrogen) atoms. The first-order chi connectivity index (χ1) is 7.59. The van der Waals surface area contributed by atoms with Crippen molar-refractivity contribution in [2.45, 2.75) is 32.7 Å². The van der Waals surface area contributed by atoms with E-state index >= 15 is 0 Å². The van der Waals surface area contributed by atoms with Gasteiger partial charge in [-0.2, -0.15) is 0 Å². The molecule has 1 aliphatic heterocycles. The van der Waals surface area contributed by atoms with Crippen LogP contribution in [0, 0.1) is 13.8 Å². The predicted octanol–water partition coefficient (Wildman–Crippen LogP) is 2.43. The van der Waals surface area contributed by atoms with E-state index in [0.29, 0.717) is 11.6 Å². The molecule has 1 atom stereocenters. The number of aryl methyl sites for hydroxylation is 1. The third kappa shape index (κ3) is 1.95. The standard InChI is InChI=1S/C13H17NO2/c1-8-6-10(12-4-3-5-14-12)7-11(9(8)2)13(15)16/h6-7,12,14H,3-5H2,1-2H3,(H,15,16). The Morgan fingerprint density at radius 3 is 2.75 bits per heavy atom. The van der Waals surface area contributed by atoms with Crippen LogP contribution in [-0.2, 0) is 0 Å². The molecular weight excluding hydrogens is 202 g/mol. The van der Waals surface area contributed by atoms with Crippen molar-refractivity contribution in [3.05, 3.63) is 34.4 Å². The zero-order valence-electron chi connectivity index (χ0n) is 9.71. The molecule has 2 rings (SSSR count). The smallest absolute Gasteiger partial charge is 0.335 e. The zero-order chi connectivity index (χ0) is 11.7. The number of benzene rings is 1. The Labute approximate surface area is 95.5 Å². The lowest BCUT2D eigenvalue weighted by molar-refractivity contribution is 0.0696. The Morgan fingerprint density at radius 1 is 1.44 bits per heavy atom. The van der Waals surface area contributed by atoms with E-state index in [0.717, 1.165) is 29.7 Å². The van der Waals surface area contributed by atoms with Crippen LogP contribution in [0.25, 0.3) is 0 Å². The van der Waals surface area contributed by atoms with Crippen LogP contribution in [0.4, 0.5) is 0 Å². The number of carboxylic acids is 1. The summed E-state index contributed by atoms with van der Waals surface area (Å²) in [5.41, 5.74) is 3.47. The summed E-state index contributed by atoms with van der Waals surface area (Å²) in [4.78, 5) is 11.1. The van der Waals surface area contributed by atoms with Gasteiger partial charge in [-0.1, -0.05) is 6.07 Å². The zero-order valence-corrected chi connectivity index (χ0v) is 9.71. The highest BCUT2D eigenvalue weighted by Crippen LogP contribution is 2.26. The number of hydrogen-bond acceptors (Lipinski definition) is 2. The average molecular weight is 219 g/mol. The molecule has 1 unspecified atom stereocenters. The van der Waals surface area contributed by atoms with Crippen molar-refractivity contribution >= 4 is 5.97 Å². The highest BCUT2D eigenvalue weighted by atomic mass is 16.4. The lowest BCUT2D eigenvalue weighted by atomic mass is 9.95. The molecule has 0 aliphatic carbocycles. The van der Waals surface area contributed by atoms with E-state index in [1.54, 1.807) is 0 Å². The Kier molecular flexibility index (Phi) is 2.97. The molecule has 1 aliphatic rings. The minimum atomic E-state index is -0.833. The van der Waals surface area contributed by atoms with Gasteiger partial charge in [0.25, 0.3) is 0 Å². The van der Waals surface area contributed by atoms with Crippen LogP contribution >= 0.6 is 0 Å². The molecule has 0 saturated carbocycles. The summed E-state index contributed by atoms with van der Waals surface area (Å²) in [5, 5.41) is 12.5. The Bertz CT molecular complexity index is 420. The first-order valence-electron chi connectivity index (χ1n) is 5.67. The molecule has 1 fully saturated rings. The molecule has 1 aromatic carbocycles. The van der Waals surface area contributed by atoms with Gasteiger partial charge in [0, 0.05) is 6.04 Å². The van der Waals surface area contributed by atoms with E-state index in [2.05, 4.69) is 11.4 Å². The molecule has 0 bridgehead atoms. The molecule has 2 N–H and O–H groups in total. The van der Waals surface area contributed by atoms with Crippen molar-refractivity contribution in [3.8, 4) is 0 Å².